The van der Waals surface area contributed by atoms with Crippen LogP contribution in [0.2, 0.25) is 0 Å². The number of hydrogen-bond acceptors (Lipinski definition) is 4. The monoisotopic (exact) mass is 303 g/mol. The van der Waals surface area contributed by atoms with Crippen molar-refractivity contribution in [1.29, 1.82) is 5.26 Å². The summed E-state index contributed by atoms with van der Waals surface area (Å²) in [6, 6.07) is 9.66. The van der Waals surface area contributed by atoms with Crippen LogP contribution in [-0.2, 0) is 10.5 Å². The van der Waals surface area contributed by atoms with Crippen LogP contribution in [0.3, 0.4) is 0 Å². The smallest absolute Gasteiger partial charge is 0.232 e. The largest absolute Gasteiger partial charge is 0.341 e. The number of likely N-dealkylation sites (N-methyl/N-ethyl adjacent to an activating group) is 1. The van der Waals surface area contributed by atoms with Gasteiger partial charge in [-0.2, -0.15) is 5.26 Å². The van der Waals surface area contributed by atoms with Crippen molar-refractivity contribution in [2.45, 2.75) is 12.2 Å². The molecule has 0 spiro atoms. The van der Waals surface area contributed by atoms with Gasteiger partial charge in [0.25, 0.3) is 0 Å². The first-order chi connectivity index (χ1) is 10.2. The van der Waals surface area contributed by atoms with Crippen LogP contribution in [0.4, 0.5) is 0 Å². The molecule has 1 aromatic rings. The molecule has 0 aliphatic carbocycles. The van der Waals surface area contributed by atoms with Gasteiger partial charge in [0.05, 0.1) is 17.4 Å². The number of carbonyl (C=O) groups is 1. The summed E-state index contributed by atoms with van der Waals surface area (Å²) in [5.74, 6) is 1.58. The number of carbonyl (C=O) groups excluding carboxylic acids is 1. The van der Waals surface area contributed by atoms with Gasteiger partial charge in [0, 0.05) is 25.4 Å². The third kappa shape index (κ3) is 5.07. The summed E-state index contributed by atoms with van der Waals surface area (Å²) in [6.45, 7) is 3.75. The van der Waals surface area contributed by atoms with Gasteiger partial charge in [-0.1, -0.05) is 12.1 Å². The van der Waals surface area contributed by atoms with Gasteiger partial charge >= 0.3 is 0 Å². The average Bonchev–Trinajstić information content (AvgIpc) is 2.72. The summed E-state index contributed by atoms with van der Waals surface area (Å²) in [6.07, 6.45) is 1.06. The van der Waals surface area contributed by atoms with E-state index in [9.17, 15) is 4.79 Å². The van der Waals surface area contributed by atoms with Gasteiger partial charge in [-0.15, -0.1) is 11.8 Å². The van der Waals surface area contributed by atoms with Crippen molar-refractivity contribution in [3.05, 3.63) is 35.4 Å². The molecule has 1 aliphatic rings. The maximum atomic E-state index is 12.2. The molecule has 4 nitrogen and oxygen atoms in total. The summed E-state index contributed by atoms with van der Waals surface area (Å²) >= 11 is 1.64. The van der Waals surface area contributed by atoms with Crippen LogP contribution < -0.4 is 0 Å². The first kappa shape index (κ1) is 15.9. The van der Waals surface area contributed by atoms with Gasteiger partial charge < -0.3 is 9.80 Å². The van der Waals surface area contributed by atoms with Gasteiger partial charge in [-0.05, 0) is 37.7 Å². The molecule has 0 unspecified atom stereocenters. The van der Waals surface area contributed by atoms with E-state index in [0.717, 1.165) is 43.9 Å². The lowest BCUT2D eigenvalue weighted by molar-refractivity contribution is -0.128. The van der Waals surface area contributed by atoms with Gasteiger partial charge in [-0.3, -0.25) is 4.79 Å². The number of amides is 1. The quantitative estimate of drug-likeness (QED) is 0.853. The molecule has 0 aromatic heterocycles. The van der Waals surface area contributed by atoms with Crippen LogP contribution >= 0.6 is 11.8 Å². The van der Waals surface area contributed by atoms with Crippen LogP contribution in [0.15, 0.2) is 24.3 Å². The topological polar surface area (TPSA) is 47.3 Å². The Morgan fingerprint density at radius 2 is 2.00 bits per heavy atom. The Labute approximate surface area is 130 Å². The van der Waals surface area contributed by atoms with Crippen molar-refractivity contribution in [2.75, 3.05) is 39.0 Å². The van der Waals surface area contributed by atoms with E-state index in [1.54, 1.807) is 11.8 Å². The number of hydrogen-bond donors (Lipinski definition) is 0. The highest BCUT2D eigenvalue weighted by Gasteiger charge is 2.16. The van der Waals surface area contributed by atoms with E-state index in [4.69, 9.17) is 5.26 Å². The maximum Gasteiger partial charge on any atom is 0.232 e. The summed E-state index contributed by atoms with van der Waals surface area (Å²) < 4.78 is 0. The van der Waals surface area contributed by atoms with E-state index in [0.29, 0.717) is 11.3 Å². The highest BCUT2D eigenvalue weighted by molar-refractivity contribution is 7.99. The van der Waals surface area contributed by atoms with Crippen molar-refractivity contribution in [3.8, 4) is 6.07 Å². The molecule has 1 heterocycles. The molecule has 0 N–H and O–H groups in total. The molecule has 2 rings (SSSR count). The van der Waals surface area contributed by atoms with Crippen LogP contribution in [0.25, 0.3) is 0 Å². The lowest BCUT2D eigenvalue weighted by Crippen LogP contribution is -2.35. The van der Waals surface area contributed by atoms with E-state index in [2.05, 4.69) is 18.0 Å². The zero-order chi connectivity index (χ0) is 15.1. The van der Waals surface area contributed by atoms with Gasteiger partial charge in [0.15, 0.2) is 0 Å². The predicted molar refractivity (Wildman–Crippen MR) is 86.0 cm³/mol. The standard InChI is InChI=1S/C16H21N3OS/c1-18-7-2-8-19(10-9-18)16(20)13-21-12-15-5-3-14(11-17)4-6-15/h3-6H,2,7-10,12-13H2,1H3. The van der Waals surface area contributed by atoms with Crippen molar-refractivity contribution >= 4 is 17.7 Å². The number of nitrogens with zero attached hydrogens (tertiary/aromatic N) is 3. The van der Waals surface area contributed by atoms with E-state index >= 15 is 0 Å². The molecule has 1 aliphatic heterocycles. The molecule has 5 heteroatoms. The summed E-state index contributed by atoms with van der Waals surface area (Å²) in [5.41, 5.74) is 1.83. The third-order valence-electron chi connectivity index (χ3n) is 3.65. The average molecular weight is 303 g/mol. The summed E-state index contributed by atoms with van der Waals surface area (Å²) in [7, 11) is 2.10. The third-order valence-corrected chi connectivity index (χ3v) is 4.64. The normalized spacial score (nSPS) is 16.3. The Morgan fingerprint density at radius 1 is 1.24 bits per heavy atom. The zero-order valence-corrected chi connectivity index (χ0v) is 13.2. The van der Waals surface area contributed by atoms with Gasteiger partial charge in [0.2, 0.25) is 5.91 Å². The first-order valence-corrected chi connectivity index (χ1v) is 8.37. The first-order valence-electron chi connectivity index (χ1n) is 7.22. The Balaban J connectivity index is 1.74. The molecule has 1 fully saturated rings. The minimum absolute atomic E-state index is 0.240. The molecule has 1 amide bonds. The molecule has 0 atom stereocenters. The fourth-order valence-electron chi connectivity index (χ4n) is 2.32. The van der Waals surface area contributed by atoms with Gasteiger partial charge in [0.1, 0.15) is 0 Å². The lowest BCUT2D eigenvalue weighted by atomic mass is 10.2. The Morgan fingerprint density at radius 3 is 2.71 bits per heavy atom. The highest BCUT2D eigenvalue weighted by Crippen LogP contribution is 2.14. The van der Waals surface area contributed by atoms with E-state index in [1.165, 1.54) is 0 Å². The molecule has 1 aromatic carbocycles. The van der Waals surface area contributed by atoms with Crippen LogP contribution in [0.5, 0.6) is 0 Å². The summed E-state index contributed by atoms with van der Waals surface area (Å²) in [5, 5.41) is 8.75. The molecule has 21 heavy (non-hydrogen) atoms. The van der Waals surface area contributed by atoms with E-state index in [-0.39, 0.29) is 5.91 Å². The molecule has 0 saturated carbocycles. The molecule has 112 valence electrons. The number of benzene rings is 1. The number of thioether (sulfide) groups is 1. The fourth-order valence-corrected chi connectivity index (χ4v) is 3.21. The molecular weight excluding hydrogens is 282 g/mol. The summed E-state index contributed by atoms with van der Waals surface area (Å²) in [4.78, 5) is 16.4. The maximum absolute atomic E-state index is 12.2. The van der Waals surface area contributed by atoms with Crippen LogP contribution in [0, 0.1) is 11.3 Å². The SMILES string of the molecule is CN1CCCN(C(=O)CSCc2ccc(C#N)cc2)CC1. The second kappa shape index (κ2) is 8.06. The van der Waals surface area contributed by atoms with Crippen molar-refractivity contribution < 1.29 is 4.79 Å². The van der Waals surface area contributed by atoms with Gasteiger partial charge in [-0.25, -0.2) is 0 Å². The minimum Gasteiger partial charge on any atom is -0.341 e. The van der Waals surface area contributed by atoms with E-state index in [1.807, 2.05) is 29.2 Å². The molecule has 1 saturated heterocycles. The second-order valence-electron chi connectivity index (χ2n) is 5.34. The predicted octanol–water partition coefficient (Wildman–Crippen LogP) is 1.96. The minimum atomic E-state index is 0.240. The Bertz CT molecular complexity index is 509. The van der Waals surface area contributed by atoms with Crippen LogP contribution in [0.1, 0.15) is 17.5 Å². The second-order valence-corrected chi connectivity index (χ2v) is 6.32. The van der Waals surface area contributed by atoms with Crippen molar-refractivity contribution in [1.82, 2.24) is 9.80 Å². The fraction of sp³-hybridized carbons (Fsp3) is 0.500. The van der Waals surface area contributed by atoms with Crippen LogP contribution in [-0.4, -0.2) is 54.7 Å². The molecular formula is C16H21N3OS. The highest BCUT2D eigenvalue weighted by atomic mass is 32.2. The molecule has 0 bridgehead atoms. The Kier molecular flexibility index (Phi) is 6.09. The molecule has 0 radical (unpaired) electrons. The van der Waals surface area contributed by atoms with Crippen molar-refractivity contribution in [3.63, 3.8) is 0 Å². The number of nitriles is 1. The van der Waals surface area contributed by atoms with Crippen molar-refractivity contribution in [2.24, 2.45) is 0 Å². The zero-order valence-electron chi connectivity index (χ0n) is 12.4. The van der Waals surface area contributed by atoms with E-state index < -0.39 is 0 Å². The lowest BCUT2D eigenvalue weighted by Gasteiger charge is -2.20. The Hall–Kier alpha value is -1.51. The number of rotatable bonds is 4.